The van der Waals surface area contributed by atoms with Crippen LogP contribution in [0.25, 0.3) is 5.65 Å². The predicted octanol–water partition coefficient (Wildman–Crippen LogP) is 2.68. The average molecular weight is 403 g/mol. The Bertz CT molecular complexity index is 1080. The molecule has 28 heavy (non-hydrogen) atoms. The molecule has 144 valence electrons. The van der Waals surface area contributed by atoms with Gasteiger partial charge in [-0.1, -0.05) is 17.7 Å². The zero-order valence-corrected chi connectivity index (χ0v) is 15.5. The fourth-order valence-corrected chi connectivity index (χ4v) is 2.67. The largest absolute Gasteiger partial charge is 0.458 e. The van der Waals surface area contributed by atoms with Crippen molar-refractivity contribution in [3.63, 3.8) is 0 Å². The third kappa shape index (κ3) is 4.44. The number of ether oxygens (including phenoxy) is 1. The van der Waals surface area contributed by atoms with Crippen molar-refractivity contribution in [1.29, 1.82) is 0 Å². The second kappa shape index (κ2) is 8.05. The summed E-state index contributed by atoms with van der Waals surface area (Å²) in [7, 11) is 0. The number of nitrogens with zero attached hydrogens (tertiary/aromatic N) is 3. The summed E-state index contributed by atoms with van der Waals surface area (Å²) in [5, 5.41) is 13.1. The molecule has 3 rings (SSSR count). The number of imidazole rings is 1. The van der Waals surface area contributed by atoms with Crippen molar-refractivity contribution in [3.8, 4) is 0 Å². The summed E-state index contributed by atoms with van der Waals surface area (Å²) < 4.78 is 6.92. The zero-order chi connectivity index (χ0) is 20.3. The van der Waals surface area contributed by atoms with Crippen molar-refractivity contribution in [1.82, 2.24) is 14.7 Å². The van der Waals surface area contributed by atoms with Crippen LogP contribution in [0.3, 0.4) is 0 Å². The summed E-state index contributed by atoms with van der Waals surface area (Å²) >= 11 is 5.71. The number of hydrogen-bond donors (Lipinski definition) is 1. The fraction of sp³-hybridized carbons (Fsp3) is 0.167. The molecule has 1 aromatic carbocycles. The van der Waals surface area contributed by atoms with Crippen LogP contribution >= 0.6 is 11.6 Å². The van der Waals surface area contributed by atoms with Gasteiger partial charge in [0.15, 0.2) is 0 Å². The first-order valence-corrected chi connectivity index (χ1v) is 8.53. The zero-order valence-electron chi connectivity index (χ0n) is 14.7. The lowest BCUT2D eigenvalue weighted by Crippen LogP contribution is -2.30. The summed E-state index contributed by atoms with van der Waals surface area (Å²) in [6.07, 6.45) is 3.65. The maximum Gasteiger partial charge on any atom is 0.325 e. The predicted molar refractivity (Wildman–Crippen MR) is 100 cm³/mol. The summed E-state index contributed by atoms with van der Waals surface area (Å²) in [5.41, 5.74) is 1.99. The van der Waals surface area contributed by atoms with Crippen molar-refractivity contribution in [2.24, 2.45) is 0 Å². The molecular formula is C18H15ClN4O5. The second-order valence-corrected chi connectivity index (χ2v) is 6.38. The lowest BCUT2D eigenvalue weighted by Gasteiger charge is -2.06. The molecule has 0 atom stereocenters. The van der Waals surface area contributed by atoms with Gasteiger partial charge >= 0.3 is 5.97 Å². The Morgan fingerprint density at radius 1 is 1.29 bits per heavy atom. The number of hydrogen-bond acceptors (Lipinski definition) is 6. The molecule has 1 amide bonds. The van der Waals surface area contributed by atoms with Gasteiger partial charge in [-0.2, -0.15) is 0 Å². The van der Waals surface area contributed by atoms with Crippen molar-refractivity contribution < 1.29 is 19.2 Å². The molecule has 0 bridgehead atoms. The highest BCUT2D eigenvalue weighted by molar-refractivity contribution is 6.32. The fourth-order valence-electron chi connectivity index (χ4n) is 2.48. The highest BCUT2D eigenvalue weighted by Crippen LogP contribution is 2.24. The number of aromatic nitrogens is 2. The Hall–Kier alpha value is -3.46. The van der Waals surface area contributed by atoms with Crippen LogP contribution in [0.1, 0.15) is 21.6 Å². The average Bonchev–Trinajstić information content (AvgIpc) is 3.06. The van der Waals surface area contributed by atoms with E-state index < -0.39 is 16.8 Å². The van der Waals surface area contributed by atoms with Crippen LogP contribution in [-0.4, -0.2) is 32.7 Å². The molecule has 0 aliphatic carbocycles. The minimum Gasteiger partial charge on any atom is -0.458 e. The van der Waals surface area contributed by atoms with Crippen LogP contribution in [0.5, 0.6) is 0 Å². The number of amides is 1. The third-order valence-electron chi connectivity index (χ3n) is 3.83. The van der Waals surface area contributed by atoms with Crippen LogP contribution in [-0.2, 0) is 16.1 Å². The Labute approximate surface area is 164 Å². The molecule has 0 aliphatic rings. The van der Waals surface area contributed by atoms with E-state index in [2.05, 4.69) is 10.3 Å². The van der Waals surface area contributed by atoms with E-state index in [-0.39, 0.29) is 29.4 Å². The highest BCUT2D eigenvalue weighted by Gasteiger charge is 2.17. The van der Waals surface area contributed by atoms with Crippen LogP contribution in [0.4, 0.5) is 5.69 Å². The molecule has 0 spiro atoms. The van der Waals surface area contributed by atoms with Gasteiger partial charge in [0.05, 0.1) is 10.6 Å². The number of rotatable bonds is 6. The normalized spacial score (nSPS) is 10.6. The van der Waals surface area contributed by atoms with Crippen molar-refractivity contribution in [3.05, 3.63) is 74.7 Å². The first-order chi connectivity index (χ1) is 13.3. The van der Waals surface area contributed by atoms with Gasteiger partial charge < -0.3 is 14.5 Å². The summed E-state index contributed by atoms with van der Waals surface area (Å²) in [6, 6.07) is 7.40. The van der Waals surface area contributed by atoms with E-state index in [1.54, 1.807) is 6.20 Å². The molecule has 0 saturated carbocycles. The van der Waals surface area contributed by atoms with Gasteiger partial charge in [-0.3, -0.25) is 19.7 Å². The number of halogens is 1. The quantitative estimate of drug-likeness (QED) is 0.385. The molecular weight excluding hydrogens is 388 g/mol. The minimum atomic E-state index is -0.691. The van der Waals surface area contributed by atoms with Gasteiger partial charge in [0.25, 0.3) is 11.6 Å². The molecule has 2 aromatic heterocycles. The summed E-state index contributed by atoms with van der Waals surface area (Å²) in [6.45, 7) is 1.53. The van der Waals surface area contributed by atoms with Gasteiger partial charge in [-0.25, -0.2) is 4.98 Å². The van der Waals surface area contributed by atoms with Crippen molar-refractivity contribution in [2.45, 2.75) is 13.5 Å². The molecule has 10 heteroatoms. The van der Waals surface area contributed by atoms with Gasteiger partial charge in [0, 0.05) is 24.0 Å². The first kappa shape index (κ1) is 19.3. The number of aryl methyl sites for hydroxylation is 1. The molecule has 0 saturated heterocycles. The number of benzene rings is 1. The molecule has 1 N–H and O–H groups in total. The maximum absolute atomic E-state index is 12.1. The SMILES string of the molecule is Cc1ccc2nc(COC(=O)CNC(=O)c3ccc(Cl)c([N+](=O)[O-])c3)cn2c1. The molecule has 3 aromatic rings. The van der Waals surface area contributed by atoms with E-state index in [9.17, 15) is 19.7 Å². The first-order valence-electron chi connectivity index (χ1n) is 8.15. The maximum atomic E-state index is 12.1. The Kier molecular flexibility index (Phi) is 5.55. The lowest BCUT2D eigenvalue weighted by atomic mass is 10.2. The molecule has 9 nitrogen and oxygen atoms in total. The lowest BCUT2D eigenvalue weighted by molar-refractivity contribution is -0.384. The number of carbonyl (C=O) groups is 2. The number of esters is 1. The van der Waals surface area contributed by atoms with Crippen molar-refractivity contribution >= 4 is 34.8 Å². The summed E-state index contributed by atoms with van der Waals surface area (Å²) in [5.74, 6) is -1.31. The molecule has 0 unspecified atom stereocenters. The van der Waals surface area contributed by atoms with E-state index in [0.29, 0.717) is 5.69 Å². The second-order valence-electron chi connectivity index (χ2n) is 5.97. The third-order valence-corrected chi connectivity index (χ3v) is 4.15. The number of nitrogens with one attached hydrogen (secondary N) is 1. The van der Waals surface area contributed by atoms with Crippen LogP contribution in [0.2, 0.25) is 5.02 Å². The van der Waals surface area contributed by atoms with Crippen molar-refractivity contribution in [2.75, 3.05) is 6.54 Å². The standard InChI is InChI=1S/C18H15ClN4O5/c1-11-2-5-16-21-13(9-22(16)8-11)10-28-17(24)7-20-18(25)12-3-4-14(19)15(6-12)23(26)27/h2-6,8-9H,7,10H2,1H3,(H,20,25). The van der Waals surface area contributed by atoms with E-state index in [1.807, 2.05) is 29.7 Å². The smallest absolute Gasteiger partial charge is 0.325 e. The van der Waals surface area contributed by atoms with E-state index >= 15 is 0 Å². The summed E-state index contributed by atoms with van der Waals surface area (Å²) in [4.78, 5) is 38.4. The van der Waals surface area contributed by atoms with Crippen LogP contribution < -0.4 is 5.32 Å². The molecule has 0 radical (unpaired) electrons. The number of carbonyl (C=O) groups excluding carboxylic acids is 2. The topological polar surface area (TPSA) is 116 Å². The van der Waals surface area contributed by atoms with E-state index in [0.717, 1.165) is 17.3 Å². The van der Waals surface area contributed by atoms with Crippen LogP contribution in [0, 0.1) is 17.0 Å². The highest BCUT2D eigenvalue weighted by atomic mass is 35.5. The van der Waals surface area contributed by atoms with E-state index in [1.165, 1.54) is 12.1 Å². The minimum absolute atomic E-state index is 0.0135. The Balaban J connectivity index is 1.54. The van der Waals surface area contributed by atoms with Gasteiger partial charge in [-0.15, -0.1) is 0 Å². The number of nitro groups is 1. The molecule has 0 fully saturated rings. The number of pyridine rings is 1. The monoisotopic (exact) mass is 402 g/mol. The number of fused-ring (bicyclic) bond motifs is 1. The Morgan fingerprint density at radius 3 is 2.82 bits per heavy atom. The van der Waals surface area contributed by atoms with E-state index in [4.69, 9.17) is 16.3 Å². The van der Waals surface area contributed by atoms with Gasteiger partial charge in [0.2, 0.25) is 0 Å². The van der Waals surface area contributed by atoms with Gasteiger partial charge in [0.1, 0.15) is 23.8 Å². The molecule has 2 heterocycles. The molecule has 0 aliphatic heterocycles. The number of nitro benzene ring substituents is 1. The van der Waals surface area contributed by atoms with Gasteiger partial charge in [-0.05, 0) is 30.7 Å². The van der Waals surface area contributed by atoms with Crippen LogP contribution in [0.15, 0.2) is 42.7 Å². The Morgan fingerprint density at radius 2 is 2.07 bits per heavy atom.